The molecule has 1 heterocycles. The number of carbonyl (C=O) groups is 1. The van der Waals surface area contributed by atoms with Crippen molar-refractivity contribution in [1.82, 2.24) is 15.1 Å². The van der Waals surface area contributed by atoms with E-state index in [1.165, 1.54) is 11.8 Å². The topological polar surface area (TPSA) is 50.8 Å². The molecule has 0 bridgehead atoms. The van der Waals surface area contributed by atoms with E-state index in [1.54, 1.807) is 0 Å². The molecule has 0 aromatic carbocycles. The summed E-state index contributed by atoms with van der Waals surface area (Å²) in [7, 11) is 3.85. The van der Waals surface area contributed by atoms with Crippen molar-refractivity contribution in [3.8, 4) is 0 Å². The van der Waals surface area contributed by atoms with E-state index in [0.29, 0.717) is 12.3 Å². The lowest BCUT2D eigenvalue weighted by Crippen LogP contribution is -2.33. The average Bonchev–Trinajstić information content (AvgIpc) is 2.34. The van der Waals surface area contributed by atoms with E-state index in [1.807, 2.05) is 30.3 Å². The zero-order valence-electron chi connectivity index (χ0n) is 7.94. The molecule has 0 spiro atoms. The Labute approximate surface area is 81.1 Å². The second-order valence-electron chi connectivity index (χ2n) is 2.62. The molecule has 1 amide bonds. The summed E-state index contributed by atoms with van der Waals surface area (Å²) in [5, 5.41) is 7.74. The normalized spacial score (nSPS) is 10.1. The Morgan fingerprint density at radius 1 is 1.77 bits per heavy atom. The van der Waals surface area contributed by atoms with Gasteiger partial charge in [0.2, 0.25) is 12.2 Å². The van der Waals surface area contributed by atoms with Crippen LogP contribution in [0.3, 0.4) is 0 Å². The SMILES string of the molecule is Cc1n(C)nc(SCNC=O)[n+]1C. The van der Waals surface area contributed by atoms with Crippen molar-refractivity contribution in [2.75, 3.05) is 5.88 Å². The monoisotopic (exact) mass is 201 g/mol. The van der Waals surface area contributed by atoms with E-state index >= 15 is 0 Å². The standard InChI is InChI=1S/C7H12N4OS/c1-6-10(2)7(9-11(6)3)13-5-8-4-12/h4H,5H2,1-3H3/p+1. The Balaban J connectivity index is 2.66. The maximum Gasteiger partial charge on any atom is 0.338 e. The highest BCUT2D eigenvalue weighted by Gasteiger charge is 2.16. The van der Waals surface area contributed by atoms with Crippen molar-refractivity contribution in [2.45, 2.75) is 12.1 Å². The average molecular weight is 201 g/mol. The summed E-state index contributed by atoms with van der Waals surface area (Å²) in [4.78, 5) is 10.00. The van der Waals surface area contributed by atoms with Gasteiger partial charge in [-0.1, -0.05) is 0 Å². The molecule has 0 saturated heterocycles. The lowest BCUT2D eigenvalue weighted by atomic mass is 10.7. The third-order valence-corrected chi connectivity index (χ3v) is 2.77. The molecule has 5 nitrogen and oxygen atoms in total. The van der Waals surface area contributed by atoms with Crippen LogP contribution in [0, 0.1) is 6.92 Å². The van der Waals surface area contributed by atoms with Gasteiger partial charge in [-0.05, 0) is 11.8 Å². The highest BCUT2D eigenvalue weighted by atomic mass is 32.2. The van der Waals surface area contributed by atoms with Crippen LogP contribution in [0.2, 0.25) is 0 Å². The Kier molecular flexibility index (Phi) is 3.30. The third kappa shape index (κ3) is 2.21. The minimum atomic E-state index is 0.549. The van der Waals surface area contributed by atoms with Crippen LogP contribution in [0.5, 0.6) is 0 Å². The van der Waals surface area contributed by atoms with Crippen molar-refractivity contribution in [2.24, 2.45) is 14.1 Å². The number of hydrogen-bond donors (Lipinski definition) is 1. The molecule has 0 atom stereocenters. The highest BCUT2D eigenvalue weighted by Crippen LogP contribution is 2.08. The van der Waals surface area contributed by atoms with Crippen molar-refractivity contribution in [3.05, 3.63) is 5.82 Å². The van der Waals surface area contributed by atoms with Crippen molar-refractivity contribution in [3.63, 3.8) is 0 Å². The largest absolute Gasteiger partial charge is 0.349 e. The fourth-order valence-corrected chi connectivity index (χ4v) is 1.68. The van der Waals surface area contributed by atoms with Crippen LogP contribution in [-0.2, 0) is 18.9 Å². The zero-order valence-corrected chi connectivity index (χ0v) is 8.76. The molecular weight excluding hydrogens is 188 g/mol. The van der Waals surface area contributed by atoms with Gasteiger partial charge in [0.1, 0.15) is 0 Å². The number of nitrogens with zero attached hydrogens (tertiary/aromatic N) is 3. The van der Waals surface area contributed by atoms with E-state index < -0.39 is 0 Å². The smallest absolute Gasteiger partial charge is 0.338 e. The lowest BCUT2D eigenvalue weighted by molar-refractivity contribution is -0.715. The number of hydrogen-bond acceptors (Lipinski definition) is 3. The molecule has 0 aliphatic rings. The summed E-state index contributed by atoms with van der Waals surface area (Å²) in [6, 6.07) is 0. The van der Waals surface area contributed by atoms with E-state index in [0.717, 1.165) is 11.0 Å². The number of thioether (sulfide) groups is 1. The number of carbonyl (C=O) groups excluding carboxylic acids is 1. The Hall–Kier alpha value is -1.04. The van der Waals surface area contributed by atoms with Gasteiger partial charge < -0.3 is 5.32 Å². The lowest BCUT2D eigenvalue weighted by Gasteiger charge is -1.93. The highest BCUT2D eigenvalue weighted by molar-refractivity contribution is 7.99. The van der Waals surface area contributed by atoms with Gasteiger partial charge >= 0.3 is 5.16 Å². The van der Waals surface area contributed by atoms with Crippen molar-refractivity contribution < 1.29 is 9.36 Å². The number of rotatable bonds is 4. The van der Waals surface area contributed by atoms with Gasteiger partial charge in [0.05, 0.1) is 25.1 Å². The van der Waals surface area contributed by atoms with Crippen LogP contribution in [0.4, 0.5) is 0 Å². The number of nitrogens with one attached hydrogen (secondary N) is 1. The minimum Gasteiger partial charge on any atom is -0.349 e. The molecule has 0 saturated carbocycles. The molecule has 72 valence electrons. The Morgan fingerprint density at radius 3 is 2.92 bits per heavy atom. The van der Waals surface area contributed by atoms with Gasteiger partial charge in [0.15, 0.2) is 0 Å². The molecule has 13 heavy (non-hydrogen) atoms. The molecule has 1 N–H and O–H groups in total. The number of aryl methyl sites for hydroxylation is 1. The first kappa shape index (κ1) is 10.0. The zero-order chi connectivity index (χ0) is 9.84. The molecular formula is C7H13N4OS+. The summed E-state index contributed by atoms with van der Waals surface area (Å²) in [6.45, 7) is 1.99. The summed E-state index contributed by atoms with van der Waals surface area (Å²) in [6.07, 6.45) is 0.683. The summed E-state index contributed by atoms with van der Waals surface area (Å²) in [5.74, 6) is 1.63. The van der Waals surface area contributed by atoms with Gasteiger partial charge in [0.25, 0.3) is 0 Å². The van der Waals surface area contributed by atoms with Gasteiger partial charge in [-0.15, -0.1) is 4.68 Å². The van der Waals surface area contributed by atoms with Crippen LogP contribution in [-0.4, -0.2) is 22.1 Å². The first-order valence-corrected chi connectivity index (χ1v) is 4.85. The second-order valence-corrected chi connectivity index (χ2v) is 3.57. The summed E-state index contributed by atoms with van der Waals surface area (Å²) < 4.78 is 3.79. The fourth-order valence-electron chi connectivity index (χ4n) is 0.889. The minimum absolute atomic E-state index is 0.549. The Bertz CT molecular complexity index is 310. The van der Waals surface area contributed by atoms with E-state index in [4.69, 9.17) is 0 Å². The number of amides is 1. The van der Waals surface area contributed by atoms with Crippen LogP contribution in [0.1, 0.15) is 5.82 Å². The fraction of sp³-hybridized carbons (Fsp3) is 0.571. The summed E-state index contributed by atoms with van der Waals surface area (Å²) in [5.41, 5.74) is 0. The molecule has 0 aliphatic carbocycles. The molecule has 0 unspecified atom stereocenters. The summed E-state index contributed by atoms with van der Waals surface area (Å²) >= 11 is 1.50. The number of aromatic nitrogens is 3. The molecule has 1 aromatic rings. The Morgan fingerprint density at radius 2 is 2.46 bits per heavy atom. The van der Waals surface area contributed by atoms with E-state index in [-0.39, 0.29) is 0 Å². The van der Waals surface area contributed by atoms with Gasteiger partial charge in [0, 0.05) is 6.92 Å². The molecule has 1 rings (SSSR count). The van der Waals surface area contributed by atoms with Gasteiger partial charge in [-0.25, -0.2) is 4.57 Å². The van der Waals surface area contributed by atoms with Crippen molar-refractivity contribution >= 4 is 18.2 Å². The molecule has 0 fully saturated rings. The molecule has 0 aliphatic heterocycles. The van der Waals surface area contributed by atoms with E-state index in [2.05, 4.69) is 10.4 Å². The van der Waals surface area contributed by atoms with Crippen LogP contribution >= 0.6 is 11.8 Å². The van der Waals surface area contributed by atoms with Crippen LogP contribution < -0.4 is 9.88 Å². The molecule has 0 radical (unpaired) electrons. The predicted octanol–water partition coefficient (Wildman–Crippen LogP) is -0.651. The first-order valence-electron chi connectivity index (χ1n) is 3.86. The maximum atomic E-state index is 10.00. The maximum absolute atomic E-state index is 10.00. The van der Waals surface area contributed by atoms with Crippen LogP contribution in [0.15, 0.2) is 5.16 Å². The third-order valence-electron chi connectivity index (χ3n) is 1.84. The second kappa shape index (κ2) is 4.27. The predicted molar refractivity (Wildman–Crippen MR) is 49.0 cm³/mol. The van der Waals surface area contributed by atoms with Gasteiger partial charge in [-0.3, -0.25) is 4.79 Å². The van der Waals surface area contributed by atoms with Gasteiger partial charge in [-0.2, -0.15) is 0 Å². The molecule has 6 heteroatoms. The molecule has 1 aromatic heterocycles. The quantitative estimate of drug-likeness (QED) is 0.231. The van der Waals surface area contributed by atoms with Crippen molar-refractivity contribution in [1.29, 1.82) is 0 Å². The van der Waals surface area contributed by atoms with Crippen LogP contribution in [0.25, 0.3) is 0 Å². The van der Waals surface area contributed by atoms with E-state index in [9.17, 15) is 4.79 Å². The first-order chi connectivity index (χ1) is 6.16.